The third-order valence-corrected chi connectivity index (χ3v) is 3.32. The van der Waals surface area contributed by atoms with Gasteiger partial charge in [-0.05, 0) is 29.8 Å². The predicted molar refractivity (Wildman–Crippen MR) is 88.0 cm³/mol. The second-order valence-electron chi connectivity index (χ2n) is 4.74. The van der Waals surface area contributed by atoms with Crippen LogP contribution in [0.15, 0.2) is 42.5 Å². The zero-order valence-electron chi connectivity index (χ0n) is 12.4. The number of hydrogen-bond acceptors (Lipinski definition) is 5. The molecule has 0 radical (unpaired) electrons. The number of nitro groups is 1. The van der Waals surface area contributed by atoms with Crippen molar-refractivity contribution >= 4 is 28.9 Å². The first-order valence-electron chi connectivity index (χ1n) is 6.82. The number of rotatable bonds is 6. The Morgan fingerprint density at radius 2 is 2.00 bits per heavy atom. The van der Waals surface area contributed by atoms with Crippen molar-refractivity contribution < 1.29 is 14.5 Å². The number of hydrogen-bond donors (Lipinski definition) is 1. The van der Waals surface area contributed by atoms with Gasteiger partial charge in [-0.25, -0.2) is 0 Å². The number of nitro benzene ring substituents is 1. The van der Waals surface area contributed by atoms with Crippen LogP contribution in [0.25, 0.3) is 0 Å². The molecule has 0 aliphatic rings. The normalized spacial score (nSPS) is 9.83. The Morgan fingerprint density at radius 3 is 2.58 bits per heavy atom. The average molecular weight is 346 g/mol. The molecule has 0 fully saturated rings. The maximum absolute atomic E-state index is 12.0. The summed E-state index contributed by atoms with van der Waals surface area (Å²) >= 11 is 5.80. The van der Waals surface area contributed by atoms with Gasteiger partial charge in [-0.15, -0.1) is 0 Å². The van der Waals surface area contributed by atoms with Gasteiger partial charge in [-0.3, -0.25) is 14.9 Å². The molecule has 0 aromatic heterocycles. The van der Waals surface area contributed by atoms with Gasteiger partial charge in [-0.1, -0.05) is 23.7 Å². The lowest BCUT2D eigenvalue weighted by atomic mass is 10.1. The third kappa shape index (κ3) is 4.69. The molecule has 0 saturated carbocycles. The largest absolute Gasteiger partial charge is 0.479 e. The highest BCUT2D eigenvalue weighted by Crippen LogP contribution is 2.27. The zero-order valence-corrected chi connectivity index (χ0v) is 13.1. The molecule has 2 rings (SSSR count). The molecule has 0 bridgehead atoms. The molecule has 1 N–H and O–H groups in total. The van der Waals surface area contributed by atoms with Crippen molar-refractivity contribution in [3.05, 3.63) is 63.2 Å². The molecule has 8 heteroatoms. The fourth-order valence-corrected chi connectivity index (χ4v) is 2.19. The Morgan fingerprint density at radius 1 is 1.29 bits per heavy atom. The van der Waals surface area contributed by atoms with Crippen LogP contribution in [-0.4, -0.2) is 17.4 Å². The summed E-state index contributed by atoms with van der Waals surface area (Å²) in [5, 5.41) is 21.7. The van der Waals surface area contributed by atoms with Crippen LogP contribution in [0.1, 0.15) is 5.56 Å². The maximum atomic E-state index is 12.0. The summed E-state index contributed by atoms with van der Waals surface area (Å²) < 4.78 is 5.12. The molecule has 0 aliphatic carbocycles. The van der Waals surface area contributed by atoms with E-state index in [2.05, 4.69) is 5.32 Å². The van der Waals surface area contributed by atoms with Gasteiger partial charge in [0.25, 0.3) is 5.69 Å². The molecule has 1 amide bonds. The number of halogens is 1. The first kappa shape index (κ1) is 17.2. The highest BCUT2D eigenvalue weighted by Gasteiger charge is 2.13. The monoisotopic (exact) mass is 345 g/mol. The minimum atomic E-state index is -0.593. The molecule has 0 spiro atoms. The molecule has 0 heterocycles. The Balaban J connectivity index is 1.97. The van der Waals surface area contributed by atoms with Gasteiger partial charge < -0.3 is 10.1 Å². The van der Waals surface area contributed by atoms with E-state index in [0.717, 1.165) is 5.56 Å². The summed E-state index contributed by atoms with van der Waals surface area (Å²) in [5.41, 5.74) is 0.914. The van der Waals surface area contributed by atoms with E-state index in [4.69, 9.17) is 21.6 Å². The van der Waals surface area contributed by atoms with Gasteiger partial charge in [0.2, 0.25) is 5.91 Å². The molecule has 2 aromatic carbocycles. The number of nitriles is 1. The van der Waals surface area contributed by atoms with E-state index < -0.39 is 4.92 Å². The summed E-state index contributed by atoms with van der Waals surface area (Å²) in [6.07, 6.45) is 0.118. The van der Waals surface area contributed by atoms with Crippen LogP contribution < -0.4 is 10.1 Å². The number of anilines is 1. The maximum Gasteiger partial charge on any atom is 0.288 e. The van der Waals surface area contributed by atoms with E-state index in [1.807, 2.05) is 6.07 Å². The molecule has 24 heavy (non-hydrogen) atoms. The number of benzene rings is 2. The van der Waals surface area contributed by atoms with E-state index in [-0.39, 0.29) is 29.6 Å². The summed E-state index contributed by atoms with van der Waals surface area (Å²) in [6, 6.07) is 12.6. The molecule has 0 atom stereocenters. The number of carbonyl (C=O) groups is 1. The smallest absolute Gasteiger partial charge is 0.288 e. The second-order valence-corrected chi connectivity index (χ2v) is 5.15. The lowest BCUT2D eigenvalue weighted by molar-refractivity contribution is -0.384. The number of amides is 1. The van der Waals surface area contributed by atoms with Crippen LogP contribution in [0, 0.1) is 21.4 Å². The van der Waals surface area contributed by atoms with E-state index >= 15 is 0 Å². The van der Waals surface area contributed by atoms with Crippen molar-refractivity contribution in [2.45, 2.75) is 6.42 Å². The van der Waals surface area contributed by atoms with Crippen molar-refractivity contribution in [2.75, 3.05) is 11.9 Å². The fraction of sp³-hybridized carbons (Fsp3) is 0.125. The van der Waals surface area contributed by atoms with Crippen LogP contribution in [0.4, 0.5) is 11.4 Å². The van der Waals surface area contributed by atoms with Crippen molar-refractivity contribution in [2.24, 2.45) is 0 Å². The molecular weight excluding hydrogens is 334 g/mol. The molecule has 0 unspecified atom stereocenters. The van der Waals surface area contributed by atoms with E-state index in [1.54, 1.807) is 24.3 Å². The molecule has 7 nitrogen and oxygen atoms in total. The molecule has 0 aliphatic heterocycles. The van der Waals surface area contributed by atoms with Crippen LogP contribution in [-0.2, 0) is 11.2 Å². The molecular formula is C16H12ClN3O4. The van der Waals surface area contributed by atoms with Crippen LogP contribution in [0.5, 0.6) is 5.75 Å². The summed E-state index contributed by atoms with van der Waals surface area (Å²) in [7, 11) is 0. The van der Waals surface area contributed by atoms with Gasteiger partial charge in [0.05, 0.1) is 11.3 Å². The summed E-state index contributed by atoms with van der Waals surface area (Å²) in [6.45, 7) is -0.0409. The second kappa shape index (κ2) is 7.94. The fourth-order valence-electron chi connectivity index (χ4n) is 1.94. The number of nitrogens with one attached hydrogen (secondary N) is 1. The third-order valence-electron chi connectivity index (χ3n) is 3.02. The minimum Gasteiger partial charge on any atom is -0.479 e. The van der Waals surface area contributed by atoms with E-state index in [9.17, 15) is 14.9 Å². The SMILES string of the molecule is N#CCOc1ccc(CC(=O)Nc2ccc([N+](=O)[O-])c(Cl)c2)cc1. The van der Waals surface area contributed by atoms with Gasteiger partial charge in [0, 0.05) is 11.8 Å². The average Bonchev–Trinajstić information content (AvgIpc) is 2.54. The van der Waals surface area contributed by atoms with Crippen molar-refractivity contribution in [3.63, 3.8) is 0 Å². The van der Waals surface area contributed by atoms with Crippen molar-refractivity contribution in [1.82, 2.24) is 0 Å². The quantitative estimate of drug-likeness (QED) is 0.638. The van der Waals surface area contributed by atoms with Crippen LogP contribution in [0.3, 0.4) is 0 Å². The predicted octanol–water partition coefficient (Wildman–Crippen LogP) is 3.33. The minimum absolute atomic E-state index is 0.0409. The van der Waals surface area contributed by atoms with Crippen LogP contribution in [0.2, 0.25) is 5.02 Å². The van der Waals surface area contributed by atoms with Crippen molar-refractivity contribution in [1.29, 1.82) is 5.26 Å². The zero-order chi connectivity index (χ0) is 17.5. The van der Waals surface area contributed by atoms with Gasteiger partial charge >= 0.3 is 0 Å². The summed E-state index contributed by atoms with van der Waals surface area (Å²) in [4.78, 5) is 22.1. The summed E-state index contributed by atoms with van der Waals surface area (Å²) in [5.74, 6) is 0.258. The Bertz CT molecular complexity index is 800. The highest BCUT2D eigenvalue weighted by atomic mass is 35.5. The number of carbonyl (C=O) groups excluding carboxylic acids is 1. The van der Waals surface area contributed by atoms with E-state index in [0.29, 0.717) is 11.4 Å². The number of ether oxygens (including phenoxy) is 1. The standard InChI is InChI=1S/C16H12ClN3O4/c17-14-10-12(3-6-15(14)20(22)23)19-16(21)9-11-1-4-13(5-2-11)24-8-7-18/h1-6,10H,8-9H2,(H,19,21). The first-order valence-corrected chi connectivity index (χ1v) is 7.20. The molecule has 2 aromatic rings. The molecule has 0 saturated heterocycles. The van der Waals surface area contributed by atoms with Gasteiger partial charge in [-0.2, -0.15) is 5.26 Å². The van der Waals surface area contributed by atoms with Gasteiger partial charge in [0.15, 0.2) is 6.61 Å². The topological polar surface area (TPSA) is 105 Å². The lowest BCUT2D eigenvalue weighted by Gasteiger charge is -2.07. The number of nitrogens with zero attached hydrogens (tertiary/aromatic N) is 2. The van der Waals surface area contributed by atoms with Gasteiger partial charge in [0.1, 0.15) is 16.8 Å². The molecule has 122 valence electrons. The van der Waals surface area contributed by atoms with Crippen LogP contribution >= 0.6 is 11.6 Å². The van der Waals surface area contributed by atoms with E-state index in [1.165, 1.54) is 18.2 Å². The Labute approximate surface area is 142 Å². The Hall–Kier alpha value is -3.11. The lowest BCUT2D eigenvalue weighted by Crippen LogP contribution is -2.14. The Kier molecular flexibility index (Phi) is 5.71. The van der Waals surface area contributed by atoms with Crippen molar-refractivity contribution in [3.8, 4) is 11.8 Å². The highest BCUT2D eigenvalue weighted by molar-refractivity contribution is 6.33. The first-order chi connectivity index (χ1) is 11.5.